The molecule has 0 saturated carbocycles. The maximum atomic E-state index is 12.5. The minimum atomic E-state index is -1.17. The summed E-state index contributed by atoms with van der Waals surface area (Å²) in [5.41, 5.74) is 1.89. The fourth-order valence-corrected chi connectivity index (χ4v) is 3.41. The summed E-state index contributed by atoms with van der Waals surface area (Å²) in [5.74, 6) is -1.25. The summed E-state index contributed by atoms with van der Waals surface area (Å²) in [7, 11) is 0. The number of ether oxygens (including phenoxy) is 1. The summed E-state index contributed by atoms with van der Waals surface area (Å²) in [6, 6.07) is 10.9. The summed E-state index contributed by atoms with van der Waals surface area (Å²) in [6.07, 6.45) is 7.77. The second kappa shape index (κ2) is 13.5. The van der Waals surface area contributed by atoms with E-state index in [1.54, 1.807) is 42.7 Å². The monoisotopic (exact) mass is 509 g/mol. The normalized spacial score (nSPS) is 11.5. The van der Waals surface area contributed by atoms with Crippen LogP contribution in [0.25, 0.3) is 6.08 Å². The van der Waals surface area contributed by atoms with Crippen LogP contribution >= 0.6 is 23.2 Å². The molecular formula is C24H22Cl2N3NaO4. The second-order valence-electron chi connectivity index (χ2n) is 7.00. The smallest absolute Gasteiger partial charge is 1.00 e. The van der Waals surface area contributed by atoms with Crippen LogP contribution in [0.3, 0.4) is 0 Å². The topological polar surface area (TPSA) is 101 Å². The Morgan fingerprint density at radius 2 is 1.74 bits per heavy atom. The molecule has 3 rings (SSSR count). The molecule has 0 bridgehead atoms. The van der Waals surface area contributed by atoms with E-state index in [9.17, 15) is 14.7 Å². The number of aromatic nitrogens is 2. The van der Waals surface area contributed by atoms with E-state index in [0.717, 1.165) is 17.5 Å². The molecule has 2 aromatic carbocycles. The predicted octanol–water partition coefficient (Wildman–Crippen LogP) is 2.54. The molecule has 2 N–H and O–H groups in total. The van der Waals surface area contributed by atoms with Crippen molar-refractivity contribution in [2.24, 2.45) is 0 Å². The van der Waals surface area contributed by atoms with Crippen LogP contribution < -0.4 is 39.6 Å². The molecule has 172 valence electrons. The van der Waals surface area contributed by atoms with Gasteiger partial charge in [-0.2, -0.15) is 0 Å². The average molecular weight is 510 g/mol. The summed E-state index contributed by atoms with van der Waals surface area (Å²) < 4.78 is 5.62. The molecule has 1 unspecified atom stereocenters. The third kappa shape index (κ3) is 7.82. The van der Waals surface area contributed by atoms with Gasteiger partial charge in [-0.25, -0.2) is 14.8 Å². The molecule has 1 aromatic heterocycles. The molecule has 0 aliphatic rings. The average Bonchev–Trinajstić information content (AvgIpc) is 2.80. The van der Waals surface area contributed by atoms with Gasteiger partial charge in [0.25, 0.3) is 5.91 Å². The van der Waals surface area contributed by atoms with Gasteiger partial charge in [-0.1, -0.05) is 60.5 Å². The number of aryl methyl sites for hydroxylation is 1. The van der Waals surface area contributed by atoms with Crippen molar-refractivity contribution >= 4 is 41.2 Å². The fraction of sp³-hybridized carbons (Fsp3) is 0.167. The number of nitrogens with zero attached hydrogens (tertiary/aromatic N) is 2. The summed E-state index contributed by atoms with van der Waals surface area (Å²) in [5, 5.41) is 12.2. The van der Waals surface area contributed by atoms with Gasteiger partial charge in [-0.15, -0.1) is 0 Å². The number of hydrogen-bond donors (Lipinski definition) is 2. The number of nitrogens with one attached hydrogen (secondary N) is 1. The van der Waals surface area contributed by atoms with Crippen LogP contribution in [0.5, 0.6) is 11.8 Å². The van der Waals surface area contributed by atoms with Gasteiger partial charge in [-0.05, 0) is 48.2 Å². The van der Waals surface area contributed by atoms with Gasteiger partial charge in [0.1, 0.15) is 11.8 Å². The van der Waals surface area contributed by atoms with E-state index in [4.69, 9.17) is 27.9 Å². The molecular weight excluding hydrogens is 488 g/mol. The largest absolute Gasteiger partial charge is 1.00 e. The van der Waals surface area contributed by atoms with Gasteiger partial charge >= 0.3 is 41.5 Å². The number of halogens is 2. The van der Waals surface area contributed by atoms with Crippen LogP contribution in [-0.2, 0) is 11.2 Å². The number of rotatable bonds is 9. The van der Waals surface area contributed by atoms with Gasteiger partial charge in [-0.3, -0.25) is 4.79 Å². The van der Waals surface area contributed by atoms with Gasteiger partial charge in [0.05, 0.1) is 15.6 Å². The number of hydrogen-bond acceptors (Lipinski definition) is 5. The molecule has 7 nitrogen and oxygen atoms in total. The van der Waals surface area contributed by atoms with E-state index in [2.05, 4.69) is 15.3 Å². The van der Waals surface area contributed by atoms with E-state index >= 15 is 0 Å². The molecule has 1 amide bonds. The molecule has 3 aromatic rings. The van der Waals surface area contributed by atoms with Crippen molar-refractivity contribution in [1.29, 1.82) is 0 Å². The Morgan fingerprint density at radius 1 is 1.12 bits per heavy atom. The van der Waals surface area contributed by atoms with Gasteiger partial charge in [0.15, 0.2) is 0 Å². The summed E-state index contributed by atoms with van der Waals surface area (Å²) in [4.78, 5) is 32.4. The van der Waals surface area contributed by atoms with Crippen molar-refractivity contribution < 1.29 is 50.4 Å². The number of carboxylic acids is 1. The van der Waals surface area contributed by atoms with Crippen LogP contribution in [-0.4, -0.2) is 33.0 Å². The first-order valence-corrected chi connectivity index (χ1v) is 10.9. The minimum absolute atomic E-state index is 0. The molecule has 0 spiro atoms. The Hall–Kier alpha value is -2.42. The van der Waals surface area contributed by atoms with Crippen molar-refractivity contribution in [1.82, 2.24) is 15.3 Å². The van der Waals surface area contributed by atoms with Gasteiger partial charge in [0, 0.05) is 12.4 Å². The Balaban J connectivity index is 0.00000306. The number of carbonyl (C=O) groups excluding carboxylic acids is 1. The van der Waals surface area contributed by atoms with Crippen LogP contribution in [0.1, 0.15) is 36.3 Å². The van der Waals surface area contributed by atoms with E-state index in [1.165, 1.54) is 12.1 Å². The predicted molar refractivity (Wildman–Crippen MR) is 128 cm³/mol. The first-order valence-electron chi connectivity index (χ1n) is 10.1. The van der Waals surface area contributed by atoms with Crippen molar-refractivity contribution in [2.75, 3.05) is 0 Å². The maximum Gasteiger partial charge on any atom is 1.00 e. The van der Waals surface area contributed by atoms with E-state index in [0.29, 0.717) is 5.75 Å². The molecule has 34 heavy (non-hydrogen) atoms. The third-order valence-corrected chi connectivity index (χ3v) is 5.28. The van der Waals surface area contributed by atoms with Crippen LogP contribution in [0.2, 0.25) is 10.0 Å². The first-order chi connectivity index (χ1) is 15.9. The van der Waals surface area contributed by atoms with Crippen molar-refractivity contribution in [3.63, 3.8) is 0 Å². The minimum Gasteiger partial charge on any atom is -1.00 e. The second-order valence-corrected chi connectivity index (χ2v) is 7.81. The van der Waals surface area contributed by atoms with Crippen LogP contribution in [0.4, 0.5) is 0 Å². The van der Waals surface area contributed by atoms with Crippen LogP contribution in [0, 0.1) is 0 Å². The molecule has 10 heteroatoms. The third-order valence-electron chi connectivity index (χ3n) is 4.65. The van der Waals surface area contributed by atoms with Crippen LogP contribution in [0.15, 0.2) is 60.9 Å². The van der Waals surface area contributed by atoms with Crippen molar-refractivity contribution in [2.45, 2.75) is 25.8 Å². The zero-order valence-corrected chi connectivity index (χ0v) is 22.2. The van der Waals surface area contributed by atoms with Crippen molar-refractivity contribution in [3.05, 3.63) is 87.7 Å². The Kier molecular flexibility index (Phi) is 11.0. The Labute approximate surface area is 231 Å². The first kappa shape index (κ1) is 27.8. The molecule has 0 aliphatic heterocycles. The van der Waals surface area contributed by atoms with E-state index in [1.807, 2.05) is 19.1 Å². The molecule has 0 radical (unpaired) electrons. The van der Waals surface area contributed by atoms with Gasteiger partial charge in [0.2, 0.25) is 0 Å². The molecule has 0 fully saturated rings. The Bertz CT molecular complexity index is 1140. The quantitative estimate of drug-likeness (QED) is 0.430. The number of carboxylic acid groups (broad SMARTS) is 1. The SMILES string of the molecule is CCc1cnc(Oc2ccc(/C=C/CC(NC(=O)c3c(Cl)cccc3Cl)C(=O)O)cc2)nc1.[H-].[Na+]. The number of aliphatic carboxylic acids is 1. The van der Waals surface area contributed by atoms with E-state index < -0.39 is 17.9 Å². The molecule has 1 heterocycles. The molecule has 0 aliphatic carbocycles. The van der Waals surface area contributed by atoms with Crippen molar-refractivity contribution in [3.8, 4) is 11.8 Å². The molecule has 1 atom stereocenters. The summed E-state index contributed by atoms with van der Waals surface area (Å²) >= 11 is 12.0. The zero-order chi connectivity index (χ0) is 23.8. The Morgan fingerprint density at radius 3 is 2.29 bits per heavy atom. The number of benzene rings is 2. The number of amides is 1. The maximum absolute atomic E-state index is 12.5. The summed E-state index contributed by atoms with van der Waals surface area (Å²) in [6.45, 7) is 2.02. The number of carbonyl (C=O) groups is 2. The standard InChI is InChI=1S/C24H21Cl2N3O4.Na.H/c1-2-15-13-27-24(28-14-15)33-17-11-9-16(10-12-17)5-3-8-20(23(31)32)29-22(30)21-18(25)6-4-7-19(21)26;;/h3-7,9-14,20H,2,8H2,1H3,(H,29,30)(H,31,32);;/q;+1;-1/b5-3+;;. The fourth-order valence-electron chi connectivity index (χ4n) is 2.84. The van der Waals surface area contributed by atoms with E-state index in [-0.39, 0.29) is 59.0 Å². The molecule has 0 saturated heterocycles. The zero-order valence-electron chi connectivity index (χ0n) is 19.7. The van der Waals surface area contributed by atoms with Gasteiger partial charge < -0.3 is 16.6 Å².